The van der Waals surface area contributed by atoms with Crippen molar-refractivity contribution in [3.05, 3.63) is 36.4 Å². The average Bonchev–Trinajstić information content (AvgIpc) is 2.25. The summed E-state index contributed by atoms with van der Waals surface area (Å²) in [6, 6.07) is 7.44. The molecule has 0 fully saturated rings. The van der Waals surface area contributed by atoms with Crippen molar-refractivity contribution in [1.82, 2.24) is 0 Å². The summed E-state index contributed by atoms with van der Waals surface area (Å²) < 4.78 is 65.9. The molecule has 0 radical (unpaired) electrons. The van der Waals surface area contributed by atoms with Gasteiger partial charge in [-0.15, -0.1) is 0 Å². The molecule has 2 aromatic carbocycles. The van der Waals surface area contributed by atoms with Crippen LogP contribution in [0.3, 0.4) is 0 Å². The Morgan fingerprint density at radius 3 is 1.76 bits per heavy atom. The third-order valence-electron chi connectivity index (χ3n) is 2.36. The van der Waals surface area contributed by atoms with Gasteiger partial charge in [0.25, 0.3) is 0 Å². The van der Waals surface area contributed by atoms with E-state index in [0.29, 0.717) is 6.07 Å². The minimum absolute atomic E-state index is 0. The number of rotatable bonds is 2. The fourth-order valence-electron chi connectivity index (χ4n) is 1.60. The molecule has 0 aromatic heterocycles. The van der Waals surface area contributed by atoms with Crippen LogP contribution in [-0.2, 0) is 20.2 Å². The van der Waals surface area contributed by atoms with Crippen LogP contribution in [0.2, 0.25) is 0 Å². The van der Waals surface area contributed by atoms with Gasteiger partial charge in [-0.3, -0.25) is 0 Å². The summed E-state index contributed by atoms with van der Waals surface area (Å²) in [5, 5.41) is 0.281. The fourth-order valence-corrected chi connectivity index (χ4v) is 2.93. The quantitative estimate of drug-likeness (QED) is 0.390. The SMILES string of the molecule is O=S(=O)([O-])c1cc(S(=O)(=O)[O-])c2ccccc2c1.[Na+].[Na+].[Na+]. The Kier molecular flexibility index (Phi) is 10.8. The molecule has 11 heteroatoms. The zero-order chi connectivity index (χ0) is 13.6. The summed E-state index contributed by atoms with van der Waals surface area (Å²) in [5.41, 5.74) is 0. The van der Waals surface area contributed by atoms with Crippen LogP contribution < -0.4 is 88.7 Å². The van der Waals surface area contributed by atoms with Gasteiger partial charge < -0.3 is 9.11 Å². The third kappa shape index (κ3) is 6.15. The van der Waals surface area contributed by atoms with Gasteiger partial charge in [-0.2, -0.15) is 0 Å². The van der Waals surface area contributed by atoms with E-state index >= 15 is 0 Å². The van der Waals surface area contributed by atoms with Gasteiger partial charge in [-0.25, -0.2) is 16.8 Å². The maximum absolute atomic E-state index is 11.1. The minimum atomic E-state index is -4.87. The molecule has 0 atom stereocenters. The molecule has 0 aliphatic heterocycles. The molecule has 6 nitrogen and oxygen atoms in total. The van der Waals surface area contributed by atoms with Crippen LogP contribution in [0.25, 0.3) is 10.8 Å². The first-order valence-electron chi connectivity index (χ1n) is 4.64. The topological polar surface area (TPSA) is 114 Å². The van der Waals surface area contributed by atoms with E-state index in [2.05, 4.69) is 0 Å². The van der Waals surface area contributed by atoms with Crippen molar-refractivity contribution >= 4 is 31.0 Å². The van der Waals surface area contributed by atoms with Crippen molar-refractivity contribution in [2.45, 2.75) is 9.79 Å². The zero-order valence-electron chi connectivity index (χ0n) is 11.7. The summed E-state index contributed by atoms with van der Waals surface area (Å²) in [4.78, 5) is -1.45. The van der Waals surface area contributed by atoms with Crippen molar-refractivity contribution in [1.29, 1.82) is 0 Å². The molecule has 0 aliphatic rings. The van der Waals surface area contributed by atoms with Gasteiger partial charge >= 0.3 is 88.7 Å². The van der Waals surface area contributed by atoms with Crippen LogP contribution >= 0.6 is 0 Å². The summed E-state index contributed by atoms with van der Waals surface area (Å²) in [7, 11) is -9.70. The number of fused-ring (bicyclic) bond motifs is 1. The smallest absolute Gasteiger partial charge is 0.744 e. The molecule has 0 amide bonds. The Morgan fingerprint density at radius 2 is 1.29 bits per heavy atom. The molecule has 0 unspecified atom stereocenters. The van der Waals surface area contributed by atoms with Crippen LogP contribution in [0.4, 0.5) is 0 Å². The summed E-state index contributed by atoms with van der Waals surface area (Å²) in [6.07, 6.45) is 0. The Bertz CT molecular complexity index is 833. The molecule has 0 bridgehead atoms. The second-order valence-corrected chi connectivity index (χ2v) is 6.28. The Morgan fingerprint density at radius 1 is 0.762 bits per heavy atom. The monoisotopic (exact) mass is 355 g/mol. The predicted molar refractivity (Wildman–Crippen MR) is 59.9 cm³/mol. The summed E-state index contributed by atoms with van der Waals surface area (Å²) in [6.45, 7) is 0. The normalized spacial score (nSPS) is 11.0. The van der Waals surface area contributed by atoms with E-state index in [4.69, 9.17) is 0 Å². The van der Waals surface area contributed by atoms with Crippen LogP contribution in [-0.4, -0.2) is 25.9 Å². The van der Waals surface area contributed by atoms with E-state index in [-0.39, 0.29) is 99.4 Å². The second kappa shape index (κ2) is 9.12. The number of hydrogen-bond acceptors (Lipinski definition) is 6. The molecule has 96 valence electrons. The van der Waals surface area contributed by atoms with E-state index < -0.39 is 30.0 Å². The molecule has 0 saturated carbocycles. The van der Waals surface area contributed by atoms with Crippen molar-refractivity contribution in [3.63, 3.8) is 0 Å². The van der Waals surface area contributed by atoms with E-state index in [1.165, 1.54) is 24.3 Å². The Hall–Kier alpha value is 1.52. The standard InChI is InChI=1S/C10H8O6S2.3Na/c11-17(12,13)8-5-7-3-1-2-4-9(7)10(6-8)18(14,15)16;;;/h1-6H,(H,11,12,13)(H,14,15,16);;;/q;3*+1/p-2. The van der Waals surface area contributed by atoms with Gasteiger partial charge in [0.15, 0.2) is 0 Å². The maximum Gasteiger partial charge on any atom is 1.00 e. The maximum atomic E-state index is 11.1. The Balaban J connectivity index is 0. The molecule has 0 heterocycles. The molecule has 2 aromatic rings. The van der Waals surface area contributed by atoms with Crippen molar-refractivity contribution in [2.75, 3.05) is 0 Å². The van der Waals surface area contributed by atoms with Gasteiger partial charge in [0.2, 0.25) is 0 Å². The van der Waals surface area contributed by atoms with Gasteiger partial charge in [0, 0.05) is 0 Å². The van der Waals surface area contributed by atoms with Gasteiger partial charge in [0.05, 0.1) is 9.79 Å². The van der Waals surface area contributed by atoms with Gasteiger partial charge in [0.1, 0.15) is 20.2 Å². The summed E-state index contributed by atoms with van der Waals surface area (Å²) >= 11 is 0. The van der Waals surface area contributed by atoms with E-state index in [1.807, 2.05) is 0 Å². The van der Waals surface area contributed by atoms with Crippen molar-refractivity contribution in [2.24, 2.45) is 0 Å². The van der Waals surface area contributed by atoms with Crippen molar-refractivity contribution in [3.8, 4) is 0 Å². The van der Waals surface area contributed by atoms with Gasteiger partial charge in [-0.1, -0.05) is 24.3 Å². The van der Waals surface area contributed by atoms with Crippen LogP contribution in [0, 0.1) is 0 Å². The molecular formula is C10H6Na3O6S2+. The van der Waals surface area contributed by atoms with E-state index in [9.17, 15) is 25.9 Å². The Labute approximate surface area is 189 Å². The van der Waals surface area contributed by atoms with Crippen molar-refractivity contribution < 1.29 is 115 Å². The first-order chi connectivity index (χ1) is 8.19. The first-order valence-corrected chi connectivity index (χ1v) is 7.46. The summed E-state index contributed by atoms with van der Waals surface area (Å²) in [5.74, 6) is 0. The van der Waals surface area contributed by atoms with E-state index in [1.54, 1.807) is 0 Å². The molecule has 2 rings (SSSR count). The molecule has 0 saturated heterocycles. The zero-order valence-corrected chi connectivity index (χ0v) is 19.4. The van der Waals surface area contributed by atoms with Crippen LogP contribution in [0.1, 0.15) is 0 Å². The minimum Gasteiger partial charge on any atom is -0.744 e. The fraction of sp³-hybridized carbons (Fsp3) is 0. The second-order valence-electron chi connectivity index (χ2n) is 3.55. The van der Waals surface area contributed by atoms with Crippen LogP contribution in [0.15, 0.2) is 46.2 Å². The number of benzene rings is 2. The van der Waals surface area contributed by atoms with Crippen LogP contribution in [0.5, 0.6) is 0 Å². The predicted octanol–water partition coefficient (Wildman–Crippen LogP) is -8.34. The molecule has 0 spiro atoms. The largest absolute Gasteiger partial charge is 1.00 e. The molecular weight excluding hydrogens is 349 g/mol. The first kappa shape index (κ1) is 24.8. The third-order valence-corrected chi connectivity index (χ3v) is 4.04. The number of hydrogen-bond donors (Lipinski definition) is 0. The molecule has 0 aliphatic carbocycles. The van der Waals surface area contributed by atoms with Gasteiger partial charge in [-0.05, 0) is 22.9 Å². The van der Waals surface area contributed by atoms with E-state index in [0.717, 1.165) is 6.07 Å². The average molecular weight is 355 g/mol. The molecule has 0 N–H and O–H groups in total. The molecule has 21 heavy (non-hydrogen) atoms.